The lowest BCUT2D eigenvalue weighted by atomic mass is 9.47. The van der Waals surface area contributed by atoms with E-state index in [1.807, 2.05) is 0 Å². The summed E-state index contributed by atoms with van der Waals surface area (Å²) in [7, 11) is 0. The standard InChI is InChI=1S/C69H116O4/c1-48(2)24-22-26-50(5)58-34-36-60-56-32-30-52-46-54(38-42-66(52,7)62(56)40-44-68(58,60)9)72-64(70)28-20-18-16-14-12-11-13-15-17-19-21-29-65(71)73-55-39-43-67(8)53(47-55)31-33-57-61-37-35-59(51(6)27-23-25-49(3)4)69(61,10)45-41-63(57)67/h30-31,48-51,54-63H,11-29,32-47H2,1-10H3/t50-,51-,54+,55+,56+,57+,58-,59-,60+,61+,62+,63+,66+,67+,68-,69-/m1/s1. The lowest BCUT2D eigenvalue weighted by molar-refractivity contribution is -0.152. The van der Waals surface area contributed by atoms with Gasteiger partial charge < -0.3 is 9.47 Å². The number of carbonyl (C=O) groups is 2. The largest absolute Gasteiger partial charge is 0.462 e. The van der Waals surface area contributed by atoms with Crippen molar-refractivity contribution >= 4 is 11.9 Å². The molecule has 8 aliphatic rings. The Bertz CT molecular complexity index is 1710. The van der Waals surface area contributed by atoms with Gasteiger partial charge in [-0.2, -0.15) is 0 Å². The maximum Gasteiger partial charge on any atom is 0.306 e. The Hall–Kier alpha value is -1.58. The maximum absolute atomic E-state index is 13.0. The third-order valence-corrected chi connectivity index (χ3v) is 24.4. The molecule has 0 N–H and O–H groups in total. The third kappa shape index (κ3) is 13.1. The molecule has 0 amide bonds. The van der Waals surface area contributed by atoms with Crippen LogP contribution in [0, 0.1) is 92.7 Å². The second-order valence-electron chi connectivity index (χ2n) is 29.7. The van der Waals surface area contributed by atoms with Gasteiger partial charge in [0.05, 0.1) is 0 Å². The van der Waals surface area contributed by atoms with Gasteiger partial charge in [-0.15, -0.1) is 0 Å². The van der Waals surface area contributed by atoms with Crippen molar-refractivity contribution in [1.82, 2.24) is 0 Å². The Balaban J connectivity index is 0.633. The second-order valence-corrected chi connectivity index (χ2v) is 29.7. The SMILES string of the molecule is CC(C)CCC[C@@H](C)[C@H]1CC[C@H]2[C@@H]3CC=C4C[C@@H](OC(=O)CCCCCCCCCCCCCC(=O)O[C@H]5CC[C@@]6(C)C(=CC[C@H]7[C@@H]8CC[C@H]([C@H](C)CCCC(C)C)[C@@]8(C)CC[C@@H]76)C5)CC[C@]4(C)[C@H]3CC[C@]12C. The van der Waals surface area contributed by atoms with E-state index in [0.717, 1.165) is 122 Å². The van der Waals surface area contributed by atoms with Gasteiger partial charge in [0.2, 0.25) is 0 Å². The number of carbonyl (C=O) groups excluding carboxylic acids is 2. The molecule has 0 aromatic rings. The van der Waals surface area contributed by atoms with Gasteiger partial charge in [0.25, 0.3) is 0 Å². The Morgan fingerprint density at radius 2 is 0.822 bits per heavy atom. The molecule has 6 saturated carbocycles. The smallest absolute Gasteiger partial charge is 0.306 e. The number of hydrogen-bond donors (Lipinski definition) is 0. The summed E-state index contributed by atoms with van der Waals surface area (Å²) in [6.45, 7) is 25.3. The molecule has 0 unspecified atom stereocenters. The fourth-order valence-electron chi connectivity index (χ4n) is 20.1. The van der Waals surface area contributed by atoms with Crippen LogP contribution < -0.4 is 0 Å². The van der Waals surface area contributed by atoms with Crippen LogP contribution in [0.3, 0.4) is 0 Å². The Labute approximate surface area is 451 Å². The van der Waals surface area contributed by atoms with E-state index in [1.165, 1.54) is 161 Å². The van der Waals surface area contributed by atoms with Crippen LogP contribution in [0.5, 0.6) is 0 Å². The molecule has 0 aliphatic heterocycles. The predicted octanol–water partition coefficient (Wildman–Crippen LogP) is 20.0. The highest BCUT2D eigenvalue weighted by atomic mass is 16.5. The first-order valence-corrected chi connectivity index (χ1v) is 32.7. The highest BCUT2D eigenvalue weighted by Gasteiger charge is 2.61. The molecule has 4 nitrogen and oxygen atoms in total. The van der Waals surface area contributed by atoms with Crippen LogP contribution in [0.2, 0.25) is 0 Å². The number of ether oxygens (including phenoxy) is 2. The fraction of sp³-hybridized carbons (Fsp3) is 0.913. The van der Waals surface area contributed by atoms with Crippen LogP contribution in [0.25, 0.3) is 0 Å². The molecule has 0 spiro atoms. The molecular weight excluding hydrogens is 893 g/mol. The van der Waals surface area contributed by atoms with Crippen molar-refractivity contribution in [1.29, 1.82) is 0 Å². The Morgan fingerprint density at radius 3 is 1.19 bits per heavy atom. The van der Waals surface area contributed by atoms with Crippen LogP contribution in [-0.4, -0.2) is 24.1 Å². The van der Waals surface area contributed by atoms with Gasteiger partial charge in [-0.1, -0.05) is 189 Å². The minimum absolute atomic E-state index is 0.0432. The fourth-order valence-corrected chi connectivity index (χ4v) is 20.1. The summed E-state index contributed by atoms with van der Waals surface area (Å²) < 4.78 is 12.4. The molecule has 0 heterocycles. The van der Waals surface area contributed by atoms with Crippen LogP contribution in [0.15, 0.2) is 23.3 Å². The molecule has 6 fully saturated rings. The first kappa shape index (κ1) is 57.6. The minimum atomic E-state index is 0.0432. The van der Waals surface area contributed by atoms with Crippen molar-refractivity contribution in [2.24, 2.45) is 92.7 Å². The normalized spacial score (nSPS) is 38.5. The summed E-state index contributed by atoms with van der Waals surface area (Å²) in [6.07, 6.45) is 48.6. The van der Waals surface area contributed by atoms with Crippen LogP contribution in [0.1, 0.15) is 294 Å². The number of unbranched alkanes of at least 4 members (excludes halogenated alkanes) is 10. The molecule has 416 valence electrons. The molecule has 4 heteroatoms. The van der Waals surface area contributed by atoms with Crippen molar-refractivity contribution in [3.8, 4) is 0 Å². The van der Waals surface area contributed by atoms with Gasteiger partial charge in [0, 0.05) is 25.7 Å². The van der Waals surface area contributed by atoms with E-state index < -0.39 is 0 Å². The van der Waals surface area contributed by atoms with E-state index in [9.17, 15) is 9.59 Å². The maximum atomic E-state index is 13.0. The molecule has 16 atom stereocenters. The average molecular weight is 1010 g/mol. The number of rotatable bonds is 26. The molecule has 0 bridgehead atoms. The zero-order valence-electron chi connectivity index (χ0n) is 49.6. The van der Waals surface area contributed by atoms with E-state index in [2.05, 4.69) is 81.4 Å². The lowest BCUT2D eigenvalue weighted by Gasteiger charge is -2.58. The summed E-state index contributed by atoms with van der Waals surface area (Å²) >= 11 is 0. The predicted molar refractivity (Wildman–Crippen MR) is 306 cm³/mol. The minimum Gasteiger partial charge on any atom is -0.462 e. The molecular formula is C69H116O4. The first-order chi connectivity index (χ1) is 35.0. The number of fused-ring (bicyclic) bond motifs is 10. The van der Waals surface area contributed by atoms with Gasteiger partial charge in [-0.3, -0.25) is 9.59 Å². The molecule has 0 aromatic heterocycles. The number of allylic oxidation sites excluding steroid dienone is 2. The highest BCUT2D eigenvalue weighted by molar-refractivity contribution is 5.70. The van der Waals surface area contributed by atoms with E-state index in [4.69, 9.17) is 9.47 Å². The number of esters is 2. The van der Waals surface area contributed by atoms with Crippen LogP contribution >= 0.6 is 0 Å². The van der Waals surface area contributed by atoms with Crippen molar-refractivity contribution in [3.05, 3.63) is 23.3 Å². The Morgan fingerprint density at radius 1 is 0.452 bits per heavy atom. The van der Waals surface area contributed by atoms with E-state index in [1.54, 1.807) is 11.1 Å². The van der Waals surface area contributed by atoms with Crippen molar-refractivity contribution in [2.75, 3.05) is 0 Å². The summed E-state index contributed by atoms with van der Waals surface area (Å²) in [5.74, 6) is 10.4. The summed E-state index contributed by atoms with van der Waals surface area (Å²) in [5.41, 5.74) is 4.96. The second kappa shape index (κ2) is 25.5. The molecule has 8 aliphatic carbocycles. The summed E-state index contributed by atoms with van der Waals surface area (Å²) in [6, 6.07) is 0. The van der Waals surface area contributed by atoms with Gasteiger partial charge in [0.1, 0.15) is 12.2 Å². The van der Waals surface area contributed by atoms with Gasteiger partial charge >= 0.3 is 11.9 Å². The Kier molecular flexibility index (Phi) is 20.1. The van der Waals surface area contributed by atoms with Crippen molar-refractivity contribution in [3.63, 3.8) is 0 Å². The molecule has 73 heavy (non-hydrogen) atoms. The molecule has 0 saturated heterocycles. The number of hydrogen-bond acceptors (Lipinski definition) is 4. The summed E-state index contributed by atoms with van der Waals surface area (Å²) in [5, 5.41) is 0. The van der Waals surface area contributed by atoms with Crippen LogP contribution in [-0.2, 0) is 19.1 Å². The highest BCUT2D eigenvalue weighted by Crippen LogP contribution is 2.69. The van der Waals surface area contributed by atoms with Gasteiger partial charge in [-0.05, 0) is 195 Å². The topological polar surface area (TPSA) is 52.6 Å². The van der Waals surface area contributed by atoms with E-state index in [0.29, 0.717) is 34.5 Å². The van der Waals surface area contributed by atoms with E-state index >= 15 is 0 Å². The van der Waals surface area contributed by atoms with Crippen molar-refractivity contribution < 1.29 is 19.1 Å². The zero-order valence-corrected chi connectivity index (χ0v) is 49.6. The van der Waals surface area contributed by atoms with Gasteiger partial charge in [0.15, 0.2) is 0 Å². The molecule has 0 radical (unpaired) electrons. The summed E-state index contributed by atoms with van der Waals surface area (Å²) in [4.78, 5) is 26.1. The van der Waals surface area contributed by atoms with E-state index in [-0.39, 0.29) is 24.1 Å². The third-order valence-electron chi connectivity index (χ3n) is 24.4. The molecule has 0 aromatic carbocycles. The molecule has 8 rings (SSSR count). The quantitative estimate of drug-likeness (QED) is 0.0492. The monoisotopic (exact) mass is 1010 g/mol. The van der Waals surface area contributed by atoms with Gasteiger partial charge in [-0.25, -0.2) is 0 Å². The average Bonchev–Trinajstić information content (AvgIpc) is 3.90. The lowest BCUT2D eigenvalue weighted by Crippen LogP contribution is -2.51. The van der Waals surface area contributed by atoms with Crippen molar-refractivity contribution in [2.45, 2.75) is 306 Å². The van der Waals surface area contributed by atoms with Crippen LogP contribution in [0.4, 0.5) is 0 Å². The first-order valence-electron chi connectivity index (χ1n) is 32.7. The zero-order chi connectivity index (χ0) is 52.0.